The van der Waals surface area contributed by atoms with E-state index in [0.29, 0.717) is 17.8 Å². The zero-order valence-electron chi connectivity index (χ0n) is 11.2. The Bertz CT molecular complexity index is 436. The van der Waals surface area contributed by atoms with E-state index in [9.17, 15) is 4.79 Å². The molecular formula is C14H21N3OS. The zero-order valence-corrected chi connectivity index (χ0v) is 12.0. The van der Waals surface area contributed by atoms with Gasteiger partial charge in [-0.25, -0.2) is 4.98 Å². The molecule has 3 rings (SSSR count). The maximum absolute atomic E-state index is 11.9. The van der Waals surface area contributed by atoms with E-state index in [1.54, 1.807) is 11.8 Å². The van der Waals surface area contributed by atoms with Crippen molar-refractivity contribution < 1.29 is 4.79 Å². The molecule has 2 saturated carbocycles. The molecule has 2 aliphatic carbocycles. The van der Waals surface area contributed by atoms with Gasteiger partial charge in [0, 0.05) is 24.5 Å². The van der Waals surface area contributed by atoms with Crippen LogP contribution in [0.5, 0.6) is 0 Å². The maximum atomic E-state index is 11.9. The van der Waals surface area contributed by atoms with Crippen LogP contribution in [-0.2, 0) is 4.79 Å². The third-order valence-electron chi connectivity index (χ3n) is 3.88. The predicted octanol–water partition coefficient (Wildman–Crippen LogP) is 2.76. The van der Waals surface area contributed by atoms with Crippen molar-refractivity contribution in [2.45, 2.75) is 62.2 Å². The number of thioether (sulfide) groups is 1. The van der Waals surface area contributed by atoms with Gasteiger partial charge < -0.3 is 9.88 Å². The van der Waals surface area contributed by atoms with Crippen LogP contribution in [0, 0.1) is 0 Å². The van der Waals surface area contributed by atoms with Crippen LogP contribution in [0.25, 0.3) is 0 Å². The van der Waals surface area contributed by atoms with Gasteiger partial charge in [0.1, 0.15) is 0 Å². The van der Waals surface area contributed by atoms with Crippen molar-refractivity contribution in [1.29, 1.82) is 0 Å². The van der Waals surface area contributed by atoms with Crippen LogP contribution in [0.3, 0.4) is 0 Å². The first kappa shape index (κ1) is 13.0. The molecule has 0 bridgehead atoms. The molecular weight excluding hydrogens is 258 g/mol. The number of nitrogens with one attached hydrogen (secondary N) is 1. The lowest BCUT2D eigenvalue weighted by Gasteiger charge is -2.22. The molecule has 2 fully saturated rings. The zero-order chi connectivity index (χ0) is 13.1. The van der Waals surface area contributed by atoms with Crippen LogP contribution in [0.15, 0.2) is 17.6 Å². The lowest BCUT2D eigenvalue weighted by molar-refractivity contribution is -0.119. The highest BCUT2D eigenvalue weighted by atomic mass is 32.2. The largest absolute Gasteiger partial charge is 0.353 e. The van der Waals surface area contributed by atoms with Crippen molar-refractivity contribution in [3.05, 3.63) is 12.4 Å². The number of hydrogen-bond donors (Lipinski definition) is 1. The number of nitrogens with zero attached hydrogens (tertiary/aromatic N) is 2. The number of rotatable bonds is 5. The van der Waals surface area contributed by atoms with Gasteiger partial charge in [-0.15, -0.1) is 0 Å². The summed E-state index contributed by atoms with van der Waals surface area (Å²) in [5.41, 5.74) is 0. The van der Waals surface area contributed by atoms with Crippen LogP contribution in [0.4, 0.5) is 0 Å². The van der Waals surface area contributed by atoms with Gasteiger partial charge in [-0.3, -0.25) is 4.79 Å². The van der Waals surface area contributed by atoms with Crippen molar-refractivity contribution in [3.63, 3.8) is 0 Å². The summed E-state index contributed by atoms with van der Waals surface area (Å²) in [6.07, 6.45) is 12.5. The average Bonchev–Trinajstić information content (AvgIpc) is 3.16. The first-order valence-electron chi connectivity index (χ1n) is 7.28. The monoisotopic (exact) mass is 279 g/mol. The lowest BCUT2D eigenvalue weighted by atomic mass is 9.95. The Balaban J connectivity index is 1.45. The highest BCUT2D eigenvalue weighted by molar-refractivity contribution is 7.99. The molecule has 4 nitrogen and oxygen atoms in total. The van der Waals surface area contributed by atoms with Gasteiger partial charge in [0.25, 0.3) is 0 Å². The molecule has 0 aliphatic heterocycles. The van der Waals surface area contributed by atoms with Crippen LogP contribution < -0.4 is 5.32 Å². The molecule has 5 heteroatoms. The number of imidazole rings is 1. The van der Waals surface area contributed by atoms with Gasteiger partial charge in [0.15, 0.2) is 5.16 Å². The summed E-state index contributed by atoms with van der Waals surface area (Å²) in [5.74, 6) is 0.641. The normalized spacial score (nSPS) is 20.4. The van der Waals surface area contributed by atoms with Crippen LogP contribution in [-0.4, -0.2) is 27.3 Å². The summed E-state index contributed by atoms with van der Waals surface area (Å²) < 4.78 is 2.21. The van der Waals surface area contributed by atoms with Crippen LogP contribution in [0.1, 0.15) is 51.0 Å². The van der Waals surface area contributed by atoms with E-state index >= 15 is 0 Å². The molecule has 0 saturated heterocycles. The molecule has 1 amide bonds. The Morgan fingerprint density at radius 2 is 2.11 bits per heavy atom. The Kier molecular flexibility index (Phi) is 4.11. The van der Waals surface area contributed by atoms with Crippen molar-refractivity contribution in [3.8, 4) is 0 Å². The summed E-state index contributed by atoms with van der Waals surface area (Å²) in [7, 11) is 0. The molecule has 0 unspecified atom stereocenters. The standard InChI is InChI=1S/C14H21N3OS/c18-13(16-11-4-2-1-3-5-11)10-19-14-15-8-9-17(14)12-6-7-12/h8-9,11-12H,1-7,10H2,(H,16,18). The highest BCUT2D eigenvalue weighted by Crippen LogP contribution is 2.37. The van der Waals surface area contributed by atoms with Crippen molar-refractivity contribution in [1.82, 2.24) is 14.9 Å². The van der Waals surface area contributed by atoms with E-state index in [0.717, 1.165) is 18.0 Å². The molecule has 1 heterocycles. The fourth-order valence-corrected chi connectivity index (χ4v) is 3.53. The van der Waals surface area contributed by atoms with E-state index in [4.69, 9.17) is 0 Å². The first-order valence-corrected chi connectivity index (χ1v) is 8.26. The minimum atomic E-state index is 0.155. The van der Waals surface area contributed by atoms with Crippen LogP contribution in [0.2, 0.25) is 0 Å². The summed E-state index contributed by atoms with van der Waals surface area (Å²) >= 11 is 1.56. The van der Waals surface area contributed by atoms with Gasteiger partial charge in [0.2, 0.25) is 5.91 Å². The molecule has 1 aromatic rings. The predicted molar refractivity (Wildman–Crippen MR) is 76.2 cm³/mol. The Hall–Kier alpha value is -0.970. The number of hydrogen-bond acceptors (Lipinski definition) is 3. The SMILES string of the molecule is O=C(CSc1nccn1C1CC1)NC1CCCCC1. The summed E-state index contributed by atoms with van der Waals surface area (Å²) in [4.78, 5) is 16.3. The second-order valence-corrected chi connectivity index (χ2v) is 6.48. The first-order chi connectivity index (χ1) is 9.33. The second kappa shape index (κ2) is 5.99. The van der Waals surface area contributed by atoms with E-state index in [1.165, 1.54) is 32.1 Å². The summed E-state index contributed by atoms with van der Waals surface area (Å²) in [6.45, 7) is 0. The molecule has 0 spiro atoms. The van der Waals surface area contributed by atoms with Gasteiger partial charge >= 0.3 is 0 Å². The summed E-state index contributed by atoms with van der Waals surface area (Å²) in [6, 6.07) is 1.04. The third-order valence-corrected chi connectivity index (χ3v) is 4.86. The van der Waals surface area contributed by atoms with Crippen LogP contribution >= 0.6 is 11.8 Å². The van der Waals surface area contributed by atoms with Gasteiger partial charge in [-0.2, -0.15) is 0 Å². The van der Waals surface area contributed by atoms with Crippen molar-refractivity contribution in [2.24, 2.45) is 0 Å². The Morgan fingerprint density at radius 3 is 2.84 bits per heavy atom. The van der Waals surface area contributed by atoms with E-state index < -0.39 is 0 Å². The molecule has 1 N–H and O–H groups in total. The number of carbonyl (C=O) groups excluding carboxylic acids is 1. The number of aromatic nitrogens is 2. The maximum Gasteiger partial charge on any atom is 0.230 e. The van der Waals surface area contributed by atoms with Crippen molar-refractivity contribution in [2.75, 3.05) is 5.75 Å². The Morgan fingerprint density at radius 1 is 1.32 bits per heavy atom. The average molecular weight is 279 g/mol. The second-order valence-electron chi connectivity index (χ2n) is 5.54. The van der Waals surface area contributed by atoms with Gasteiger partial charge in [-0.1, -0.05) is 31.0 Å². The topological polar surface area (TPSA) is 46.9 Å². The quantitative estimate of drug-likeness (QED) is 0.843. The molecule has 0 aromatic carbocycles. The highest BCUT2D eigenvalue weighted by Gasteiger charge is 2.25. The molecule has 104 valence electrons. The molecule has 19 heavy (non-hydrogen) atoms. The summed E-state index contributed by atoms with van der Waals surface area (Å²) in [5, 5.41) is 4.14. The Labute approximate surface area is 118 Å². The fraction of sp³-hybridized carbons (Fsp3) is 0.714. The third kappa shape index (κ3) is 3.53. The van der Waals surface area contributed by atoms with E-state index in [2.05, 4.69) is 14.9 Å². The number of carbonyl (C=O) groups is 1. The number of amides is 1. The van der Waals surface area contributed by atoms with Crippen molar-refractivity contribution >= 4 is 17.7 Å². The molecule has 1 aromatic heterocycles. The smallest absolute Gasteiger partial charge is 0.230 e. The van der Waals surface area contributed by atoms with E-state index in [1.807, 2.05) is 12.4 Å². The van der Waals surface area contributed by atoms with Gasteiger partial charge in [0.05, 0.1) is 5.75 Å². The molecule has 2 aliphatic rings. The molecule has 0 atom stereocenters. The fourth-order valence-electron chi connectivity index (χ4n) is 2.69. The lowest BCUT2D eigenvalue weighted by Crippen LogP contribution is -2.37. The molecule has 0 radical (unpaired) electrons. The van der Waals surface area contributed by atoms with Gasteiger partial charge in [-0.05, 0) is 25.7 Å². The minimum absolute atomic E-state index is 0.155. The minimum Gasteiger partial charge on any atom is -0.353 e. The van der Waals surface area contributed by atoms with E-state index in [-0.39, 0.29) is 5.91 Å².